The van der Waals surface area contributed by atoms with Crippen molar-refractivity contribution >= 4 is 39.7 Å². The molecule has 0 saturated carbocycles. The van der Waals surface area contributed by atoms with E-state index in [9.17, 15) is 0 Å². The molecule has 3 rings (SSSR count). The summed E-state index contributed by atoms with van der Waals surface area (Å²) in [6.07, 6.45) is 0. The Hall–Kier alpha value is -2.26. The van der Waals surface area contributed by atoms with Gasteiger partial charge in [0.25, 0.3) is 0 Å². The zero-order valence-electron chi connectivity index (χ0n) is 11.9. The van der Waals surface area contributed by atoms with Gasteiger partial charge in [-0.3, -0.25) is 0 Å². The largest absolute Gasteiger partial charge is 0.398 e. The van der Waals surface area contributed by atoms with Crippen LogP contribution in [0.4, 0.5) is 17.2 Å². The quantitative estimate of drug-likeness (QED) is 0.712. The number of halogens is 1. The molecular formula is C17H16ClN3. The lowest BCUT2D eigenvalue weighted by molar-refractivity contribution is 1.29. The van der Waals surface area contributed by atoms with Crippen LogP contribution >= 0.6 is 11.6 Å². The molecule has 0 fully saturated rings. The third kappa shape index (κ3) is 2.52. The number of aryl methyl sites for hydroxylation is 1. The van der Waals surface area contributed by atoms with E-state index in [4.69, 9.17) is 22.3 Å². The number of pyridine rings is 1. The number of benzene rings is 2. The number of anilines is 3. The molecule has 2 aromatic carbocycles. The molecule has 0 bridgehead atoms. The van der Waals surface area contributed by atoms with Gasteiger partial charge in [0.05, 0.1) is 5.52 Å². The van der Waals surface area contributed by atoms with Crippen LogP contribution < -0.4 is 11.1 Å². The molecule has 0 radical (unpaired) electrons. The molecule has 0 unspecified atom stereocenters. The molecule has 0 aliphatic heterocycles. The molecule has 3 aromatic rings. The molecule has 0 saturated heterocycles. The second kappa shape index (κ2) is 5.26. The summed E-state index contributed by atoms with van der Waals surface area (Å²) in [7, 11) is 0. The SMILES string of the molecule is Cc1c(Nc2ccc(Cl)cc2)nc2c(C)cccc2c1N. The van der Waals surface area contributed by atoms with Crippen molar-refractivity contribution in [3.8, 4) is 0 Å². The fourth-order valence-electron chi connectivity index (χ4n) is 2.34. The molecule has 21 heavy (non-hydrogen) atoms. The molecule has 4 heteroatoms. The lowest BCUT2D eigenvalue weighted by Gasteiger charge is -2.14. The zero-order chi connectivity index (χ0) is 15.0. The topological polar surface area (TPSA) is 50.9 Å². The summed E-state index contributed by atoms with van der Waals surface area (Å²) in [4.78, 5) is 4.73. The van der Waals surface area contributed by atoms with Gasteiger partial charge in [0.1, 0.15) is 5.82 Å². The summed E-state index contributed by atoms with van der Waals surface area (Å²) >= 11 is 5.91. The molecule has 0 aliphatic rings. The average molecular weight is 298 g/mol. The predicted molar refractivity (Wildman–Crippen MR) is 90.4 cm³/mol. The van der Waals surface area contributed by atoms with Crippen molar-refractivity contribution in [2.24, 2.45) is 0 Å². The maximum Gasteiger partial charge on any atom is 0.136 e. The first kappa shape index (κ1) is 13.7. The second-order valence-electron chi connectivity index (χ2n) is 5.10. The van der Waals surface area contributed by atoms with Gasteiger partial charge in [-0.25, -0.2) is 4.98 Å². The highest BCUT2D eigenvalue weighted by molar-refractivity contribution is 6.30. The van der Waals surface area contributed by atoms with Gasteiger partial charge in [-0.1, -0.05) is 29.8 Å². The van der Waals surface area contributed by atoms with E-state index in [0.717, 1.165) is 39.2 Å². The molecule has 106 valence electrons. The van der Waals surface area contributed by atoms with Crippen LogP contribution in [0.2, 0.25) is 5.02 Å². The van der Waals surface area contributed by atoms with Gasteiger partial charge in [-0.2, -0.15) is 0 Å². The Kier molecular flexibility index (Phi) is 3.43. The normalized spacial score (nSPS) is 10.8. The molecular weight excluding hydrogens is 282 g/mol. The first-order valence-electron chi connectivity index (χ1n) is 6.74. The smallest absolute Gasteiger partial charge is 0.136 e. The molecule has 0 spiro atoms. The average Bonchev–Trinajstić information content (AvgIpc) is 2.48. The number of nitrogens with two attached hydrogens (primary N) is 1. The third-order valence-corrected chi connectivity index (χ3v) is 3.87. The third-order valence-electron chi connectivity index (χ3n) is 3.62. The zero-order valence-corrected chi connectivity index (χ0v) is 12.7. The summed E-state index contributed by atoms with van der Waals surface area (Å²) in [5.41, 5.74) is 10.9. The lowest BCUT2D eigenvalue weighted by atomic mass is 10.1. The molecule has 0 aliphatic carbocycles. The summed E-state index contributed by atoms with van der Waals surface area (Å²) in [5.74, 6) is 0.775. The highest BCUT2D eigenvalue weighted by Crippen LogP contribution is 2.31. The molecule has 1 heterocycles. The van der Waals surface area contributed by atoms with Gasteiger partial charge in [0.15, 0.2) is 0 Å². The number of para-hydroxylation sites is 1. The fourth-order valence-corrected chi connectivity index (χ4v) is 2.47. The summed E-state index contributed by atoms with van der Waals surface area (Å²) in [5, 5.41) is 5.01. The highest BCUT2D eigenvalue weighted by atomic mass is 35.5. The molecule has 0 atom stereocenters. The first-order valence-corrected chi connectivity index (χ1v) is 7.12. The second-order valence-corrected chi connectivity index (χ2v) is 5.54. The Bertz CT molecular complexity index is 810. The molecule has 3 nitrogen and oxygen atoms in total. The van der Waals surface area contributed by atoms with Crippen LogP contribution in [-0.4, -0.2) is 4.98 Å². The van der Waals surface area contributed by atoms with Crippen LogP contribution in [0.15, 0.2) is 42.5 Å². The first-order chi connectivity index (χ1) is 10.1. The number of nitrogens with one attached hydrogen (secondary N) is 1. The van der Waals surface area contributed by atoms with Crippen molar-refractivity contribution in [2.75, 3.05) is 11.1 Å². The summed E-state index contributed by atoms with van der Waals surface area (Å²) in [6, 6.07) is 13.6. The maximum atomic E-state index is 6.26. The van der Waals surface area contributed by atoms with Crippen LogP contribution in [-0.2, 0) is 0 Å². The van der Waals surface area contributed by atoms with Crippen LogP contribution in [0.1, 0.15) is 11.1 Å². The van der Waals surface area contributed by atoms with Crippen molar-refractivity contribution in [1.29, 1.82) is 0 Å². The minimum absolute atomic E-state index is 0.708. The van der Waals surface area contributed by atoms with Crippen LogP contribution in [0.25, 0.3) is 10.9 Å². The summed E-state index contributed by atoms with van der Waals surface area (Å²) < 4.78 is 0. The van der Waals surface area contributed by atoms with E-state index in [1.165, 1.54) is 0 Å². The van der Waals surface area contributed by atoms with E-state index in [1.807, 2.05) is 56.3 Å². The van der Waals surface area contributed by atoms with Crippen LogP contribution in [0.5, 0.6) is 0 Å². The van der Waals surface area contributed by atoms with Gasteiger partial charge in [-0.15, -0.1) is 0 Å². The Balaban J connectivity index is 2.12. The number of fused-ring (bicyclic) bond motifs is 1. The monoisotopic (exact) mass is 297 g/mol. The molecule has 1 aromatic heterocycles. The van der Waals surface area contributed by atoms with Crippen molar-refractivity contribution in [3.63, 3.8) is 0 Å². The van der Waals surface area contributed by atoms with Gasteiger partial charge >= 0.3 is 0 Å². The van der Waals surface area contributed by atoms with Crippen molar-refractivity contribution < 1.29 is 0 Å². The van der Waals surface area contributed by atoms with Crippen molar-refractivity contribution in [3.05, 3.63) is 58.6 Å². The van der Waals surface area contributed by atoms with E-state index < -0.39 is 0 Å². The minimum Gasteiger partial charge on any atom is -0.398 e. The van der Waals surface area contributed by atoms with E-state index in [-0.39, 0.29) is 0 Å². The van der Waals surface area contributed by atoms with E-state index in [0.29, 0.717) is 5.02 Å². The number of nitrogen functional groups attached to an aromatic ring is 1. The number of rotatable bonds is 2. The van der Waals surface area contributed by atoms with Gasteiger partial charge in [0.2, 0.25) is 0 Å². The van der Waals surface area contributed by atoms with E-state index in [1.54, 1.807) is 0 Å². The maximum absolute atomic E-state index is 6.26. The van der Waals surface area contributed by atoms with Gasteiger partial charge in [0, 0.05) is 27.3 Å². The van der Waals surface area contributed by atoms with Crippen molar-refractivity contribution in [1.82, 2.24) is 4.98 Å². The standard InChI is InChI=1S/C17H16ClN3/c1-10-4-3-5-14-15(19)11(2)17(21-16(10)14)20-13-8-6-12(18)7-9-13/h3-9H,1-2H3,(H3,19,20,21). The molecule has 3 N–H and O–H groups in total. The van der Waals surface area contributed by atoms with Crippen LogP contribution in [0.3, 0.4) is 0 Å². The Labute approximate surface area is 128 Å². The van der Waals surface area contributed by atoms with Gasteiger partial charge < -0.3 is 11.1 Å². The predicted octanol–water partition coefficient (Wildman–Crippen LogP) is 4.83. The summed E-state index contributed by atoms with van der Waals surface area (Å²) in [6.45, 7) is 4.01. The number of hydrogen-bond donors (Lipinski definition) is 2. The minimum atomic E-state index is 0.708. The highest BCUT2D eigenvalue weighted by Gasteiger charge is 2.10. The Morgan fingerprint density at radius 1 is 1.05 bits per heavy atom. The number of hydrogen-bond acceptors (Lipinski definition) is 3. The van der Waals surface area contributed by atoms with E-state index in [2.05, 4.69) is 5.32 Å². The fraction of sp³-hybridized carbons (Fsp3) is 0.118. The van der Waals surface area contributed by atoms with E-state index >= 15 is 0 Å². The Morgan fingerprint density at radius 2 is 1.76 bits per heavy atom. The van der Waals surface area contributed by atoms with Gasteiger partial charge in [-0.05, 0) is 43.7 Å². The number of aromatic nitrogens is 1. The van der Waals surface area contributed by atoms with Crippen LogP contribution in [0, 0.1) is 13.8 Å². The van der Waals surface area contributed by atoms with Crippen molar-refractivity contribution in [2.45, 2.75) is 13.8 Å². The number of nitrogens with zero attached hydrogens (tertiary/aromatic N) is 1. The lowest BCUT2D eigenvalue weighted by Crippen LogP contribution is -2.02. The Morgan fingerprint density at radius 3 is 2.48 bits per heavy atom. The molecule has 0 amide bonds.